The summed E-state index contributed by atoms with van der Waals surface area (Å²) >= 11 is 0. The monoisotopic (exact) mass is 422 g/mol. The molecule has 152 valence electrons. The predicted molar refractivity (Wildman–Crippen MR) is 111 cm³/mol. The molecule has 8 nitrogen and oxygen atoms in total. The summed E-state index contributed by atoms with van der Waals surface area (Å²) in [7, 11) is -3.63. The fourth-order valence-corrected chi connectivity index (χ4v) is 4.26. The zero-order valence-electron chi connectivity index (χ0n) is 16.0. The van der Waals surface area contributed by atoms with Gasteiger partial charge >= 0.3 is 0 Å². The summed E-state index contributed by atoms with van der Waals surface area (Å²) in [6, 6.07) is 17.2. The largest absolute Gasteiger partial charge is 0.459 e. The van der Waals surface area contributed by atoms with Crippen LogP contribution in [0.25, 0.3) is 11.4 Å². The number of aromatic nitrogens is 3. The third kappa shape index (κ3) is 4.15. The molecule has 9 heteroatoms. The Labute approximate surface area is 172 Å². The molecule has 2 aromatic heterocycles. The molecule has 0 saturated heterocycles. The predicted octanol–water partition coefficient (Wildman–Crippen LogP) is 3.60. The van der Waals surface area contributed by atoms with Crippen molar-refractivity contribution in [1.29, 1.82) is 0 Å². The smallest absolute Gasteiger partial charge is 0.294 e. The molecule has 0 saturated carbocycles. The highest BCUT2D eigenvalue weighted by Crippen LogP contribution is 2.21. The molecule has 2 heterocycles. The van der Waals surface area contributed by atoms with E-state index in [1.165, 1.54) is 24.5 Å². The topological polar surface area (TPSA) is 118 Å². The van der Waals surface area contributed by atoms with Gasteiger partial charge in [0.05, 0.1) is 16.9 Å². The van der Waals surface area contributed by atoms with Crippen LogP contribution in [0.3, 0.4) is 0 Å². The van der Waals surface area contributed by atoms with Gasteiger partial charge in [-0.1, -0.05) is 48.0 Å². The van der Waals surface area contributed by atoms with Crippen LogP contribution in [0.15, 0.2) is 76.2 Å². The molecule has 2 aromatic carbocycles. The van der Waals surface area contributed by atoms with Crippen molar-refractivity contribution < 1.29 is 17.6 Å². The van der Waals surface area contributed by atoms with Crippen molar-refractivity contribution in [2.75, 3.05) is 5.32 Å². The molecule has 1 amide bonds. The van der Waals surface area contributed by atoms with Gasteiger partial charge in [-0.3, -0.25) is 15.2 Å². The Balaban J connectivity index is 1.51. The fourth-order valence-electron chi connectivity index (χ4n) is 2.88. The van der Waals surface area contributed by atoms with E-state index in [0.717, 1.165) is 11.1 Å². The van der Waals surface area contributed by atoms with Crippen LogP contribution in [0.5, 0.6) is 0 Å². The number of hydrogen-bond donors (Lipinski definition) is 2. The molecule has 30 heavy (non-hydrogen) atoms. The summed E-state index contributed by atoms with van der Waals surface area (Å²) in [6.07, 6.45) is 1.28. The number of hydrogen-bond acceptors (Lipinski definition) is 6. The van der Waals surface area contributed by atoms with Gasteiger partial charge in [0.1, 0.15) is 0 Å². The molecule has 0 unspecified atom stereocenters. The van der Waals surface area contributed by atoms with Gasteiger partial charge in [-0.05, 0) is 25.1 Å². The van der Waals surface area contributed by atoms with Crippen molar-refractivity contribution in [3.8, 4) is 11.4 Å². The van der Waals surface area contributed by atoms with Gasteiger partial charge in [0.15, 0.2) is 21.4 Å². The number of carbonyl (C=O) groups excluding carboxylic acids is 1. The first-order valence-electron chi connectivity index (χ1n) is 9.07. The average Bonchev–Trinajstić information content (AvgIpc) is 3.38. The normalized spacial score (nSPS) is 11.4. The van der Waals surface area contributed by atoms with Crippen molar-refractivity contribution >= 4 is 21.7 Å². The minimum atomic E-state index is -3.63. The zero-order valence-corrected chi connectivity index (χ0v) is 16.8. The number of nitrogens with zero attached hydrogens (tertiary/aromatic N) is 2. The summed E-state index contributed by atoms with van der Waals surface area (Å²) < 4.78 is 30.5. The number of aryl methyl sites for hydroxylation is 1. The molecule has 0 fully saturated rings. The summed E-state index contributed by atoms with van der Waals surface area (Å²) in [5.74, 6) is -0.539. The van der Waals surface area contributed by atoms with Crippen molar-refractivity contribution in [3.63, 3.8) is 0 Å². The van der Waals surface area contributed by atoms with Gasteiger partial charge in [0.2, 0.25) is 5.95 Å². The molecule has 0 spiro atoms. The second-order valence-electron chi connectivity index (χ2n) is 6.67. The molecule has 0 aliphatic carbocycles. The van der Waals surface area contributed by atoms with Crippen LogP contribution in [-0.2, 0) is 15.6 Å². The summed E-state index contributed by atoms with van der Waals surface area (Å²) in [5, 5.41) is 9.28. The van der Waals surface area contributed by atoms with E-state index in [2.05, 4.69) is 20.5 Å². The highest BCUT2D eigenvalue weighted by atomic mass is 32.2. The van der Waals surface area contributed by atoms with Crippen LogP contribution in [0.4, 0.5) is 5.95 Å². The van der Waals surface area contributed by atoms with Crippen LogP contribution in [0, 0.1) is 6.92 Å². The van der Waals surface area contributed by atoms with E-state index in [0.29, 0.717) is 5.82 Å². The second-order valence-corrected chi connectivity index (χ2v) is 8.66. The first-order valence-corrected chi connectivity index (χ1v) is 10.7. The molecule has 0 aliphatic heterocycles. The third-order valence-electron chi connectivity index (χ3n) is 4.44. The van der Waals surface area contributed by atoms with Crippen LogP contribution < -0.4 is 5.32 Å². The molecular weight excluding hydrogens is 404 g/mol. The Morgan fingerprint density at radius 1 is 1.07 bits per heavy atom. The number of sulfone groups is 1. The van der Waals surface area contributed by atoms with Gasteiger partial charge in [-0.25, -0.2) is 8.42 Å². The summed E-state index contributed by atoms with van der Waals surface area (Å²) in [4.78, 5) is 17.0. The number of furan rings is 1. The van der Waals surface area contributed by atoms with Gasteiger partial charge in [0, 0.05) is 11.1 Å². The van der Waals surface area contributed by atoms with Crippen LogP contribution in [0.2, 0.25) is 0 Å². The van der Waals surface area contributed by atoms with E-state index in [-0.39, 0.29) is 27.9 Å². The minimum absolute atomic E-state index is 0.0591. The molecule has 4 aromatic rings. The minimum Gasteiger partial charge on any atom is -0.459 e. The SMILES string of the molecule is Cc1ccc(-c2nc(NC(=O)c3occc3CS(=O)(=O)c3ccccc3)n[nH]2)cc1. The molecule has 0 aliphatic rings. The number of rotatable bonds is 6. The lowest BCUT2D eigenvalue weighted by Gasteiger charge is -2.05. The Morgan fingerprint density at radius 2 is 1.80 bits per heavy atom. The number of benzene rings is 2. The maximum absolute atomic E-state index is 12.6. The molecular formula is C21H18N4O4S. The fraction of sp³-hybridized carbons (Fsp3) is 0.0952. The number of amides is 1. The molecule has 0 radical (unpaired) electrons. The summed E-state index contributed by atoms with van der Waals surface area (Å²) in [6.45, 7) is 1.98. The van der Waals surface area contributed by atoms with Gasteiger partial charge in [-0.2, -0.15) is 4.98 Å². The standard InChI is InChI=1S/C21H18N4O4S/c1-14-7-9-15(10-8-14)19-22-21(25-24-19)23-20(26)18-16(11-12-29-18)13-30(27,28)17-5-3-2-4-6-17/h2-12H,13H2,1H3,(H2,22,23,24,25,26). The number of aromatic amines is 1. The Morgan fingerprint density at radius 3 is 2.53 bits per heavy atom. The Kier molecular flexibility index (Phi) is 5.20. The second kappa shape index (κ2) is 7.96. The van der Waals surface area contributed by atoms with E-state index in [1.54, 1.807) is 18.2 Å². The van der Waals surface area contributed by atoms with Crippen molar-refractivity contribution in [2.24, 2.45) is 0 Å². The van der Waals surface area contributed by atoms with Gasteiger partial charge < -0.3 is 4.42 Å². The van der Waals surface area contributed by atoms with Crippen LogP contribution in [0.1, 0.15) is 21.7 Å². The quantitative estimate of drug-likeness (QED) is 0.490. The van der Waals surface area contributed by atoms with Crippen molar-refractivity contribution in [2.45, 2.75) is 17.6 Å². The molecule has 0 bridgehead atoms. The number of nitrogens with one attached hydrogen (secondary N) is 2. The van der Waals surface area contributed by atoms with E-state index >= 15 is 0 Å². The number of anilines is 1. The summed E-state index contributed by atoms with van der Waals surface area (Å²) in [5.41, 5.74) is 2.19. The Bertz CT molecular complexity index is 1280. The maximum Gasteiger partial charge on any atom is 0.294 e. The van der Waals surface area contributed by atoms with E-state index in [9.17, 15) is 13.2 Å². The zero-order chi connectivity index (χ0) is 21.1. The van der Waals surface area contributed by atoms with E-state index in [1.807, 2.05) is 31.2 Å². The molecule has 2 N–H and O–H groups in total. The lowest BCUT2D eigenvalue weighted by atomic mass is 10.1. The van der Waals surface area contributed by atoms with Crippen molar-refractivity contribution in [3.05, 3.63) is 83.8 Å². The number of carbonyl (C=O) groups is 1. The van der Waals surface area contributed by atoms with Crippen LogP contribution >= 0.6 is 0 Å². The van der Waals surface area contributed by atoms with Gasteiger partial charge in [0.25, 0.3) is 5.91 Å². The first-order chi connectivity index (χ1) is 14.4. The highest BCUT2D eigenvalue weighted by Gasteiger charge is 2.23. The number of H-pyrrole nitrogens is 1. The maximum atomic E-state index is 12.6. The van der Waals surface area contributed by atoms with Crippen LogP contribution in [-0.4, -0.2) is 29.5 Å². The van der Waals surface area contributed by atoms with E-state index < -0.39 is 15.7 Å². The van der Waals surface area contributed by atoms with Crippen molar-refractivity contribution in [1.82, 2.24) is 15.2 Å². The lowest BCUT2D eigenvalue weighted by Crippen LogP contribution is -2.15. The first kappa shape index (κ1) is 19.6. The Hall–Kier alpha value is -3.72. The van der Waals surface area contributed by atoms with E-state index in [4.69, 9.17) is 4.42 Å². The molecule has 4 rings (SSSR count). The average molecular weight is 422 g/mol. The van der Waals surface area contributed by atoms with Gasteiger partial charge in [-0.15, -0.1) is 5.10 Å². The highest BCUT2D eigenvalue weighted by molar-refractivity contribution is 7.90. The third-order valence-corrected chi connectivity index (χ3v) is 6.12. The molecule has 0 atom stereocenters. The lowest BCUT2D eigenvalue weighted by molar-refractivity contribution is 0.0995.